The van der Waals surface area contributed by atoms with E-state index in [9.17, 15) is 0 Å². The molecule has 3 rings (SSSR count). The van der Waals surface area contributed by atoms with E-state index in [-0.39, 0.29) is 6.04 Å². The van der Waals surface area contributed by atoms with E-state index in [1.165, 1.54) is 10.5 Å². The van der Waals surface area contributed by atoms with Gasteiger partial charge in [-0.15, -0.1) is 11.8 Å². The lowest BCUT2D eigenvalue weighted by molar-refractivity contribution is 0.631. The van der Waals surface area contributed by atoms with Crippen molar-refractivity contribution in [2.24, 2.45) is 12.8 Å². The molecule has 5 heteroatoms. The Hall–Kier alpha value is -0.970. The van der Waals surface area contributed by atoms with Crippen LogP contribution in [-0.2, 0) is 19.9 Å². The van der Waals surface area contributed by atoms with Gasteiger partial charge in [-0.25, -0.2) is 0 Å². The fourth-order valence-electron chi connectivity index (χ4n) is 2.72. The van der Waals surface area contributed by atoms with E-state index in [2.05, 4.69) is 29.4 Å². The number of nitrogens with two attached hydrogens (primary N) is 1. The largest absolute Gasteiger partial charge is 0.326 e. The van der Waals surface area contributed by atoms with Crippen LogP contribution in [0.1, 0.15) is 16.8 Å². The molecule has 0 amide bonds. The van der Waals surface area contributed by atoms with Crippen LogP contribution in [0.15, 0.2) is 29.2 Å². The molecule has 3 nitrogen and oxygen atoms in total. The lowest BCUT2D eigenvalue weighted by atomic mass is 10.00. The first kappa shape index (κ1) is 14.0. The third kappa shape index (κ3) is 2.48. The number of fused-ring (bicyclic) bond motifs is 1. The summed E-state index contributed by atoms with van der Waals surface area (Å²) in [5, 5.41) is 5.48. The number of hydrogen-bond donors (Lipinski definition) is 1. The minimum absolute atomic E-state index is 0.0906. The molecule has 2 aromatic rings. The monoisotopic (exact) mass is 307 g/mol. The van der Waals surface area contributed by atoms with E-state index < -0.39 is 0 Å². The topological polar surface area (TPSA) is 43.8 Å². The van der Waals surface area contributed by atoms with Gasteiger partial charge >= 0.3 is 0 Å². The lowest BCUT2D eigenvalue weighted by Crippen LogP contribution is -2.34. The number of nitrogens with zero attached hydrogens (tertiary/aromatic N) is 2. The van der Waals surface area contributed by atoms with Crippen LogP contribution in [0.2, 0.25) is 5.15 Å². The number of aromatic nitrogens is 2. The SMILES string of the molecule is Cc1nn(C)c(Cl)c1CC(N)C1Cc2ccccc2S1. The summed E-state index contributed by atoms with van der Waals surface area (Å²) in [7, 11) is 1.87. The average molecular weight is 308 g/mol. The molecule has 1 aliphatic heterocycles. The summed E-state index contributed by atoms with van der Waals surface area (Å²) in [6, 6.07) is 8.64. The Morgan fingerprint density at radius 1 is 1.50 bits per heavy atom. The van der Waals surface area contributed by atoms with Gasteiger partial charge in [0.05, 0.1) is 5.69 Å². The van der Waals surface area contributed by atoms with Gasteiger partial charge in [0, 0.05) is 28.8 Å². The molecular formula is C15H18ClN3S. The first-order valence-corrected chi connectivity index (χ1v) is 8.00. The van der Waals surface area contributed by atoms with Crippen molar-refractivity contribution >= 4 is 23.4 Å². The summed E-state index contributed by atoms with van der Waals surface area (Å²) in [5.74, 6) is 0. The number of thioether (sulfide) groups is 1. The van der Waals surface area contributed by atoms with Crippen molar-refractivity contribution in [1.82, 2.24) is 9.78 Å². The molecule has 0 aliphatic carbocycles. The van der Waals surface area contributed by atoms with E-state index in [4.69, 9.17) is 17.3 Å². The third-order valence-corrected chi connectivity index (χ3v) is 5.80. The summed E-state index contributed by atoms with van der Waals surface area (Å²) >= 11 is 8.18. The number of hydrogen-bond acceptors (Lipinski definition) is 3. The van der Waals surface area contributed by atoms with Crippen LogP contribution in [-0.4, -0.2) is 21.1 Å². The van der Waals surface area contributed by atoms with Gasteiger partial charge in [0.15, 0.2) is 0 Å². The normalized spacial score (nSPS) is 19.1. The Morgan fingerprint density at radius 3 is 2.90 bits per heavy atom. The molecule has 1 aliphatic rings. The molecule has 2 heterocycles. The van der Waals surface area contributed by atoms with Gasteiger partial charge in [-0.1, -0.05) is 29.8 Å². The lowest BCUT2D eigenvalue weighted by Gasteiger charge is -2.18. The van der Waals surface area contributed by atoms with Gasteiger partial charge in [-0.3, -0.25) is 4.68 Å². The molecule has 1 aromatic carbocycles. The summed E-state index contributed by atoms with van der Waals surface area (Å²) < 4.78 is 1.72. The second-order valence-electron chi connectivity index (χ2n) is 5.31. The quantitative estimate of drug-likeness (QED) is 0.948. The fraction of sp³-hybridized carbons (Fsp3) is 0.400. The molecule has 1 aromatic heterocycles. The molecule has 0 radical (unpaired) electrons. The van der Waals surface area contributed by atoms with Crippen LogP contribution < -0.4 is 5.73 Å². The number of halogens is 1. The molecule has 0 saturated carbocycles. The third-order valence-electron chi connectivity index (χ3n) is 3.86. The van der Waals surface area contributed by atoms with Crippen LogP contribution in [0.5, 0.6) is 0 Å². The smallest absolute Gasteiger partial charge is 0.130 e. The van der Waals surface area contributed by atoms with Crippen molar-refractivity contribution in [1.29, 1.82) is 0 Å². The van der Waals surface area contributed by atoms with E-state index in [1.807, 2.05) is 25.7 Å². The molecule has 0 spiro atoms. The van der Waals surface area contributed by atoms with Crippen LogP contribution >= 0.6 is 23.4 Å². The predicted molar refractivity (Wildman–Crippen MR) is 84.4 cm³/mol. The van der Waals surface area contributed by atoms with Crippen molar-refractivity contribution in [2.45, 2.75) is 36.0 Å². The molecule has 0 bridgehead atoms. The minimum Gasteiger partial charge on any atom is -0.326 e. The Kier molecular flexibility index (Phi) is 3.80. The highest BCUT2D eigenvalue weighted by Gasteiger charge is 2.28. The molecule has 106 valence electrons. The first-order valence-electron chi connectivity index (χ1n) is 6.74. The van der Waals surface area contributed by atoms with Gasteiger partial charge in [0.1, 0.15) is 5.15 Å². The molecule has 2 atom stereocenters. The van der Waals surface area contributed by atoms with Crippen LogP contribution in [0.3, 0.4) is 0 Å². The number of benzene rings is 1. The maximum atomic E-state index is 6.42. The zero-order valence-corrected chi connectivity index (χ0v) is 13.2. The van der Waals surface area contributed by atoms with Crippen molar-refractivity contribution < 1.29 is 0 Å². The van der Waals surface area contributed by atoms with Gasteiger partial charge < -0.3 is 5.73 Å². The van der Waals surface area contributed by atoms with Crippen molar-refractivity contribution in [3.05, 3.63) is 46.2 Å². The van der Waals surface area contributed by atoms with Gasteiger partial charge in [0.25, 0.3) is 0 Å². The van der Waals surface area contributed by atoms with E-state index in [1.54, 1.807) is 4.68 Å². The molecule has 20 heavy (non-hydrogen) atoms. The highest BCUT2D eigenvalue weighted by Crippen LogP contribution is 2.38. The van der Waals surface area contributed by atoms with E-state index >= 15 is 0 Å². The zero-order valence-electron chi connectivity index (χ0n) is 11.6. The Morgan fingerprint density at radius 2 is 2.25 bits per heavy atom. The molecule has 0 saturated heterocycles. The van der Waals surface area contributed by atoms with Crippen LogP contribution in [0.4, 0.5) is 0 Å². The van der Waals surface area contributed by atoms with Gasteiger partial charge in [0.2, 0.25) is 0 Å². The maximum Gasteiger partial charge on any atom is 0.130 e. The molecular weight excluding hydrogens is 290 g/mol. The molecule has 2 N–H and O–H groups in total. The number of rotatable bonds is 3. The first-order chi connectivity index (χ1) is 9.56. The fourth-order valence-corrected chi connectivity index (χ4v) is 4.29. The Balaban J connectivity index is 1.74. The second kappa shape index (κ2) is 5.43. The average Bonchev–Trinajstić information content (AvgIpc) is 2.95. The highest BCUT2D eigenvalue weighted by atomic mass is 35.5. The van der Waals surface area contributed by atoms with Gasteiger partial charge in [-0.2, -0.15) is 5.10 Å². The van der Waals surface area contributed by atoms with Crippen LogP contribution in [0.25, 0.3) is 0 Å². The summed E-state index contributed by atoms with van der Waals surface area (Å²) in [6.07, 6.45) is 1.82. The highest BCUT2D eigenvalue weighted by molar-refractivity contribution is 8.00. The Labute approximate surface area is 128 Å². The summed E-state index contributed by atoms with van der Waals surface area (Å²) in [4.78, 5) is 1.36. The minimum atomic E-state index is 0.0906. The van der Waals surface area contributed by atoms with E-state index in [0.717, 1.165) is 24.1 Å². The summed E-state index contributed by atoms with van der Waals surface area (Å²) in [5.41, 5.74) is 9.89. The predicted octanol–water partition coefficient (Wildman–Crippen LogP) is 2.97. The maximum absolute atomic E-state index is 6.42. The van der Waals surface area contributed by atoms with Crippen molar-refractivity contribution in [2.75, 3.05) is 0 Å². The number of aryl methyl sites for hydroxylation is 2. The van der Waals surface area contributed by atoms with E-state index in [0.29, 0.717) is 10.4 Å². The molecule has 2 unspecified atom stereocenters. The van der Waals surface area contributed by atoms with Crippen LogP contribution in [0, 0.1) is 6.92 Å². The second-order valence-corrected chi connectivity index (χ2v) is 6.95. The molecule has 0 fully saturated rings. The Bertz CT molecular complexity index is 613. The standard InChI is InChI=1S/C15H18ClN3S/c1-9-11(15(16)19(2)18-9)8-12(17)14-7-10-5-3-4-6-13(10)20-14/h3-6,12,14H,7-8,17H2,1-2H3. The van der Waals surface area contributed by atoms with Gasteiger partial charge in [-0.05, 0) is 31.4 Å². The van der Waals surface area contributed by atoms with Crippen molar-refractivity contribution in [3.63, 3.8) is 0 Å². The van der Waals surface area contributed by atoms with Crippen molar-refractivity contribution in [3.8, 4) is 0 Å². The summed E-state index contributed by atoms with van der Waals surface area (Å²) in [6.45, 7) is 1.99. The zero-order chi connectivity index (χ0) is 14.3.